The maximum Gasteiger partial charge on any atom is 0.150 e. The number of rotatable bonds is 2. The molecule has 0 aliphatic heterocycles. The Hall–Kier alpha value is -1.33. The van der Waals surface area contributed by atoms with E-state index in [0.29, 0.717) is 11.3 Å². The highest BCUT2D eigenvalue weighted by Crippen LogP contribution is 2.21. The topological polar surface area (TPSA) is 48.6 Å². The Bertz CT molecular complexity index is 586. The van der Waals surface area contributed by atoms with Crippen LogP contribution >= 0.6 is 0 Å². The van der Waals surface area contributed by atoms with Crippen molar-refractivity contribution in [1.29, 1.82) is 0 Å². The lowest BCUT2D eigenvalue weighted by atomic mass is 10.2. The summed E-state index contributed by atoms with van der Waals surface area (Å²) in [6.45, 7) is 5.53. The van der Waals surface area contributed by atoms with Gasteiger partial charge in [-0.05, 0) is 39.0 Å². The number of benzene rings is 1. The molecule has 0 saturated heterocycles. The summed E-state index contributed by atoms with van der Waals surface area (Å²) in [5.41, 5.74) is 0.456. The van der Waals surface area contributed by atoms with Crippen LogP contribution in [0.25, 0.3) is 11.0 Å². The first kappa shape index (κ1) is 13.1. The standard InChI is InChI=1S/C13H14FNO2S/c1-13(2,3)18(16)15-8-11-6-9-4-5-10(14)7-12(9)17-11/h4-8H,1-3H3/t18-/m0/s1. The Labute approximate surface area is 108 Å². The van der Waals surface area contributed by atoms with Crippen LogP contribution in [0.2, 0.25) is 0 Å². The van der Waals surface area contributed by atoms with Gasteiger partial charge in [0.25, 0.3) is 0 Å². The summed E-state index contributed by atoms with van der Waals surface area (Å²) in [7, 11) is 0. The van der Waals surface area contributed by atoms with E-state index in [1.807, 2.05) is 20.8 Å². The quantitative estimate of drug-likeness (QED) is 0.618. The van der Waals surface area contributed by atoms with Crippen molar-refractivity contribution in [2.24, 2.45) is 4.40 Å². The molecule has 0 amide bonds. The first-order chi connectivity index (χ1) is 8.36. The molecule has 3 nitrogen and oxygen atoms in total. The second-order valence-corrected chi connectivity index (χ2v) is 6.86. The van der Waals surface area contributed by atoms with Crippen LogP contribution in [0.1, 0.15) is 26.5 Å². The van der Waals surface area contributed by atoms with Crippen molar-refractivity contribution in [1.82, 2.24) is 0 Å². The number of halogens is 1. The Morgan fingerprint density at radius 3 is 2.72 bits per heavy atom. The molecule has 0 N–H and O–H groups in total. The van der Waals surface area contributed by atoms with Gasteiger partial charge in [-0.15, -0.1) is 0 Å². The van der Waals surface area contributed by atoms with Gasteiger partial charge in [0.2, 0.25) is 0 Å². The molecule has 0 radical (unpaired) electrons. The second-order valence-electron chi connectivity index (χ2n) is 4.93. The van der Waals surface area contributed by atoms with Crippen LogP contribution in [0.3, 0.4) is 0 Å². The summed E-state index contributed by atoms with van der Waals surface area (Å²) >= 11 is -1.33. The third kappa shape index (κ3) is 2.91. The summed E-state index contributed by atoms with van der Waals surface area (Å²) in [4.78, 5) is 0. The van der Waals surface area contributed by atoms with Gasteiger partial charge in [-0.2, -0.15) is 0 Å². The van der Waals surface area contributed by atoms with Crippen molar-refractivity contribution < 1.29 is 13.4 Å². The van der Waals surface area contributed by atoms with Crippen molar-refractivity contribution in [3.63, 3.8) is 0 Å². The maximum absolute atomic E-state index is 13.0. The smallest absolute Gasteiger partial charge is 0.150 e. The molecule has 0 bridgehead atoms. The zero-order valence-electron chi connectivity index (χ0n) is 10.4. The second kappa shape index (κ2) is 4.74. The first-order valence-corrected chi connectivity index (χ1v) is 6.62. The summed E-state index contributed by atoms with van der Waals surface area (Å²) in [6, 6.07) is 6.05. The van der Waals surface area contributed by atoms with Crippen LogP contribution in [0.15, 0.2) is 33.1 Å². The van der Waals surface area contributed by atoms with Crippen LogP contribution in [0.4, 0.5) is 4.39 Å². The van der Waals surface area contributed by atoms with E-state index in [1.54, 1.807) is 12.1 Å². The van der Waals surface area contributed by atoms with Crippen LogP contribution in [0.5, 0.6) is 0 Å². The minimum absolute atomic E-state index is 0.349. The molecular formula is C13H14FNO2S. The maximum atomic E-state index is 13.0. The van der Waals surface area contributed by atoms with Gasteiger partial charge in [0.05, 0.1) is 0 Å². The lowest BCUT2D eigenvalue weighted by Gasteiger charge is -2.17. The summed E-state index contributed by atoms with van der Waals surface area (Å²) in [5, 5.41) is 0.791. The number of nitrogens with zero attached hydrogens (tertiary/aromatic N) is 1. The fraction of sp³-hybridized carbons (Fsp3) is 0.308. The summed E-state index contributed by atoms with van der Waals surface area (Å²) in [6.07, 6.45) is 1.42. The highest BCUT2D eigenvalue weighted by molar-refractivity contribution is 7.91. The Morgan fingerprint density at radius 1 is 1.33 bits per heavy atom. The van der Waals surface area contributed by atoms with Crippen molar-refractivity contribution in [2.75, 3.05) is 0 Å². The van der Waals surface area contributed by atoms with E-state index >= 15 is 0 Å². The van der Waals surface area contributed by atoms with Gasteiger partial charge < -0.3 is 8.97 Å². The van der Waals surface area contributed by atoms with Gasteiger partial charge in [-0.1, -0.05) is 4.40 Å². The van der Waals surface area contributed by atoms with Crippen molar-refractivity contribution in [2.45, 2.75) is 25.5 Å². The normalized spacial score (nSPS) is 14.5. The molecule has 1 heterocycles. The van der Waals surface area contributed by atoms with E-state index in [-0.39, 0.29) is 5.82 Å². The van der Waals surface area contributed by atoms with Crippen molar-refractivity contribution in [3.8, 4) is 0 Å². The Morgan fingerprint density at radius 2 is 2.06 bits per heavy atom. The molecule has 2 rings (SSSR count). The van der Waals surface area contributed by atoms with E-state index in [0.717, 1.165) is 5.39 Å². The molecule has 1 aromatic carbocycles. The predicted molar refractivity (Wildman–Crippen MR) is 71.7 cm³/mol. The van der Waals surface area contributed by atoms with E-state index in [2.05, 4.69) is 4.40 Å². The zero-order valence-corrected chi connectivity index (χ0v) is 11.3. The van der Waals surface area contributed by atoms with Crippen LogP contribution < -0.4 is 0 Å². The largest absolute Gasteiger partial charge is 0.591 e. The molecule has 0 aliphatic rings. The molecule has 18 heavy (non-hydrogen) atoms. The minimum Gasteiger partial charge on any atom is -0.591 e. The molecule has 5 heteroatoms. The molecule has 96 valence electrons. The van der Waals surface area contributed by atoms with Gasteiger partial charge in [-0.25, -0.2) is 4.39 Å². The molecule has 0 unspecified atom stereocenters. The third-order valence-corrected chi connectivity index (χ3v) is 3.65. The average Bonchev–Trinajstić information content (AvgIpc) is 2.66. The fourth-order valence-corrected chi connectivity index (χ4v) is 1.86. The SMILES string of the molecule is CC(C)(C)[S@+]([O-])N=Cc1cc2ccc(F)cc2o1. The molecule has 0 aliphatic carbocycles. The lowest BCUT2D eigenvalue weighted by Crippen LogP contribution is -2.25. The van der Waals surface area contributed by atoms with Gasteiger partial charge in [0.15, 0.2) is 5.76 Å². The van der Waals surface area contributed by atoms with Crippen LogP contribution in [-0.4, -0.2) is 15.5 Å². The highest BCUT2D eigenvalue weighted by atomic mass is 32.2. The van der Waals surface area contributed by atoms with Crippen LogP contribution in [-0.2, 0) is 11.4 Å². The molecule has 1 aromatic heterocycles. The van der Waals surface area contributed by atoms with Gasteiger partial charge in [-0.3, -0.25) is 0 Å². The Kier molecular flexibility index (Phi) is 3.45. The molecule has 0 saturated carbocycles. The van der Waals surface area contributed by atoms with E-state index in [1.165, 1.54) is 18.3 Å². The van der Waals surface area contributed by atoms with E-state index < -0.39 is 16.1 Å². The highest BCUT2D eigenvalue weighted by Gasteiger charge is 2.25. The first-order valence-electron chi connectivity index (χ1n) is 5.51. The summed E-state index contributed by atoms with van der Waals surface area (Å²) < 4.78 is 33.6. The number of hydrogen-bond donors (Lipinski definition) is 0. The van der Waals surface area contributed by atoms with Gasteiger partial charge in [0.1, 0.15) is 33.7 Å². The molecular weight excluding hydrogens is 253 g/mol. The summed E-state index contributed by atoms with van der Waals surface area (Å²) in [5.74, 6) is 0.117. The zero-order chi connectivity index (χ0) is 13.3. The molecule has 0 fully saturated rings. The molecule has 0 spiro atoms. The monoisotopic (exact) mass is 267 g/mol. The average molecular weight is 267 g/mol. The third-order valence-electron chi connectivity index (χ3n) is 2.30. The Balaban J connectivity index is 2.25. The number of fused-ring (bicyclic) bond motifs is 1. The van der Waals surface area contributed by atoms with Crippen molar-refractivity contribution >= 4 is 28.5 Å². The number of hydrogen-bond acceptors (Lipinski definition) is 3. The fourth-order valence-electron chi connectivity index (χ4n) is 1.35. The van der Waals surface area contributed by atoms with Crippen molar-refractivity contribution in [3.05, 3.63) is 35.8 Å². The molecule has 1 atom stereocenters. The minimum atomic E-state index is -1.33. The number of furan rings is 1. The van der Waals surface area contributed by atoms with Gasteiger partial charge in [0, 0.05) is 11.5 Å². The van der Waals surface area contributed by atoms with E-state index in [4.69, 9.17) is 4.42 Å². The van der Waals surface area contributed by atoms with Gasteiger partial charge >= 0.3 is 0 Å². The lowest BCUT2D eigenvalue weighted by molar-refractivity contribution is 0.561. The van der Waals surface area contributed by atoms with E-state index in [9.17, 15) is 8.94 Å². The predicted octanol–water partition coefficient (Wildman–Crippen LogP) is 3.45. The molecule has 2 aromatic rings. The van der Waals surface area contributed by atoms with Crippen LogP contribution in [0, 0.1) is 5.82 Å².